The third kappa shape index (κ3) is 1.79. The van der Waals surface area contributed by atoms with E-state index in [4.69, 9.17) is 9.47 Å². The van der Waals surface area contributed by atoms with Crippen molar-refractivity contribution in [1.82, 2.24) is 5.32 Å². The number of rotatable bonds is 3. The summed E-state index contributed by atoms with van der Waals surface area (Å²) in [5.41, 5.74) is 0. The molecule has 0 radical (unpaired) electrons. The summed E-state index contributed by atoms with van der Waals surface area (Å²) in [6.07, 6.45) is 4.03. The Bertz CT molecular complexity index is 139. The second kappa shape index (κ2) is 3.73. The van der Waals surface area contributed by atoms with Crippen LogP contribution in [-0.2, 0) is 9.47 Å². The highest BCUT2D eigenvalue weighted by Crippen LogP contribution is 2.23. The SMILES string of the molecule is COC1CC(NC2CCOC2)C1. The second-order valence-corrected chi connectivity index (χ2v) is 3.75. The van der Waals surface area contributed by atoms with Crippen LogP contribution in [0.5, 0.6) is 0 Å². The third-order valence-electron chi connectivity index (χ3n) is 2.83. The minimum atomic E-state index is 0.504. The molecule has 1 heterocycles. The molecule has 1 aliphatic carbocycles. The zero-order valence-electron chi connectivity index (χ0n) is 7.58. The summed E-state index contributed by atoms with van der Waals surface area (Å²) in [6, 6.07) is 1.29. The molecule has 0 amide bonds. The molecule has 0 aromatic rings. The van der Waals surface area contributed by atoms with E-state index in [0.717, 1.165) is 13.2 Å². The van der Waals surface area contributed by atoms with Gasteiger partial charge < -0.3 is 14.8 Å². The quantitative estimate of drug-likeness (QED) is 0.672. The maximum atomic E-state index is 5.29. The molecule has 3 heteroatoms. The molecule has 0 aromatic carbocycles. The zero-order valence-corrected chi connectivity index (χ0v) is 7.58. The van der Waals surface area contributed by atoms with Crippen LogP contribution in [0.2, 0.25) is 0 Å². The van der Waals surface area contributed by atoms with Crippen LogP contribution in [0, 0.1) is 0 Å². The van der Waals surface area contributed by atoms with Gasteiger partial charge in [-0.1, -0.05) is 0 Å². The Balaban J connectivity index is 1.62. The van der Waals surface area contributed by atoms with E-state index in [0.29, 0.717) is 18.2 Å². The summed E-state index contributed by atoms with van der Waals surface area (Å²) in [6.45, 7) is 1.83. The molecule has 1 N–H and O–H groups in total. The van der Waals surface area contributed by atoms with Gasteiger partial charge in [-0.15, -0.1) is 0 Å². The van der Waals surface area contributed by atoms with E-state index >= 15 is 0 Å². The molecule has 2 aliphatic rings. The molecule has 1 saturated heterocycles. The molecule has 0 spiro atoms. The van der Waals surface area contributed by atoms with Crippen LogP contribution in [0.15, 0.2) is 0 Å². The summed E-state index contributed by atoms with van der Waals surface area (Å²) in [5, 5.41) is 3.57. The van der Waals surface area contributed by atoms with Gasteiger partial charge in [-0.05, 0) is 19.3 Å². The lowest BCUT2D eigenvalue weighted by molar-refractivity contribution is 0.0138. The molecule has 1 atom stereocenters. The summed E-state index contributed by atoms with van der Waals surface area (Å²) in [4.78, 5) is 0. The summed E-state index contributed by atoms with van der Waals surface area (Å²) >= 11 is 0. The van der Waals surface area contributed by atoms with Gasteiger partial charge in [0.2, 0.25) is 0 Å². The van der Waals surface area contributed by atoms with Crippen molar-refractivity contribution >= 4 is 0 Å². The molecule has 2 fully saturated rings. The van der Waals surface area contributed by atoms with Crippen LogP contribution in [0.25, 0.3) is 0 Å². The lowest BCUT2D eigenvalue weighted by atomic mass is 9.88. The maximum absolute atomic E-state index is 5.29. The van der Waals surface area contributed by atoms with Crippen LogP contribution < -0.4 is 5.32 Å². The van der Waals surface area contributed by atoms with Crippen molar-refractivity contribution in [2.45, 2.75) is 37.5 Å². The molecule has 1 saturated carbocycles. The normalized spacial score (nSPS) is 41.2. The van der Waals surface area contributed by atoms with Crippen LogP contribution in [-0.4, -0.2) is 38.5 Å². The smallest absolute Gasteiger partial charge is 0.0620 e. The lowest BCUT2D eigenvalue weighted by Crippen LogP contribution is -2.49. The second-order valence-electron chi connectivity index (χ2n) is 3.75. The van der Waals surface area contributed by atoms with Gasteiger partial charge in [0, 0.05) is 25.8 Å². The molecular weight excluding hydrogens is 154 g/mol. The number of hydrogen-bond acceptors (Lipinski definition) is 3. The minimum absolute atomic E-state index is 0.504. The number of hydrogen-bond donors (Lipinski definition) is 1. The van der Waals surface area contributed by atoms with E-state index < -0.39 is 0 Å². The van der Waals surface area contributed by atoms with Gasteiger partial charge in [-0.3, -0.25) is 0 Å². The van der Waals surface area contributed by atoms with Crippen molar-refractivity contribution < 1.29 is 9.47 Å². The summed E-state index contributed by atoms with van der Waals surface area (Å²) in [7, 11) is 1.79. The van der Waals surface area contributed by atoms with Crippen molar-refractivity contribution in [1.29, 1.82) is 0 Å². The van der Waals surface area contributed by atoms with Gasteiger partial charge in [0.15, 0.2) is 0 Å². The van der Waals surface area contributed by atoms with Crippen LogP contribution >= 0.6 is 0 Å². The third-order valence-corrected chi connectivity index (χ3v) is 2.83. The summed E-state index contributed by atoms with van der Waals surface area (Å²) < 4.78 is 10.5. The molecular formula is C9H17NO2. The maximum Gasteiger partial charge on any atom is 0.0620 e. The minimum Gasteiger partial charge on any atom is -0.381 e. The molecule has 2 rings (SSSR count). The predicted molar refractivity (Wildman–Crippen MR) is 46.2 cm³/mol. The Kier molecular flexibility index (Phi) is 2.63. The monoisotopic (exact) mass is 171 g/mol. The molecule has 0 aromatic heterocycles. The first-order valence-corrected chi connectivity index (χ1v) is 4.75. The molecule has 70 valence electrons. The van der Waals surface area contributed by atoms with Crippen LogP contribution in [0.3, 0.4) is 0 Å². The Morgan fingerprint density at radius 2 is 2.17 bits per heavy atom. The standard InChI is InChI=1S/C9H17NO2/c1-11-9-4-8(5-9)10-7-2-3-12-6-7/h7-10H,2-6H2,1H3. The topological polar surface area (TPSA) is 30.5 Å². The number of ether oxygens (including phenoxy) is 2. The fourth-order valence-electron chi connectivity index (χ4n) is 1.89. The van der Waals surface area contributed by atoms with E-state index in [1.54, 1.807) is 7.11 Å². The fourth-order valence-corrected chi connectivity index (χ4v) is 1.89. The van der Waals surface area contributed by atoms with Gasteiger partial charge in [0.1, 0.15) is 0 Å². The largest absolute Gasteiger partial charge is 0.381 e. The van der Waals surface area contributed by atoms with Crippen LogP contribution in [0.1, 0.15) is 19.3 Å². The van der Waals surface area contributed by atoms with E-state index in [1.165, 1.54) is 19.3 Å². The predicted octanol–water partition coefficient (Wildman–Crippen LogP) is 0.542. The molecule has 1 unspecified atom stereocenters. The highest BCUT2D eigenvalue weighted by Gasteiger charge is 2.31. The van der Waals surface area contributed by atoms with E-state index in [9.17, 15) is 0 Å². The van der Waals surface area contributed by atoms with Gasteiger partial charge >= 0.3 is 0 Å². The van der Waals surface area contributed by atoms with Gasteiger partial charge in [-0.25, -0.2) is 0 Å². The van der Waals surface area contributed by atoms with Crippen molar-refractivity contribution in [3.8, 4) is 0 Å². The molecule has 12 heavy (non-hydrogen) atoms. The van der Waals surface area contributed by atoms with Gasteiger partial charge in [-0.2, -0.15) is 0 Å². The molecule has 0 bridgehead atoms. The van der Waals surface area contributed by atoms with Crippen molar-refractivity contribution in [2.75, 3.05) is 20.3 Å². The average molecular weight is 171 g/mol. The molecule has 3 nitrogen and oxygen atoms in total. The van der Waals surface area contributed by atoms with Gasteiger partial charge in [0.05, 0.1) is 12.7 Å². The average Bonchev–Trinajstić information content (AvgIpc) is 2.47. The zero-order chi connectivity index (χ0) is 8.39. The first-order chi connectivity index (χ1) is 5.88. The number of methoxy groups -OCH3 is 1. The van der Waals surface area contributed by atoms with E-state index in [1.807, 2.05) is 0 Å². The highest BCUT2D eigenvalue weighted by molar-refractivity contribution is 4.88. The van der Waals surface area contributed by atoms with Crippen LogP contribution in [0.4, 0.5) is 0 Å². The first kappa shape index (κ1) is 8.48. The molecule has 1 aliphatic heterocycles. The Morgan fingerprint density at radius 3 is 2.75 bits per heavy atom. The lowest BCUT2D eigenvalue weighted by Gasteiger charge is -2.36. The first-order valence-electron chi connectivity index (χ1n) is 4.75. The highest BCUT2D eigenvalue weighted by atomic mass is 16.5. The van der Waals surface area contributed by atoms with Crippen molar-refractivity contribution in [3.05, 3.63) is 0 Å². The Labute approximate surface area is 73.4 Å². The van der Waals surface area contributed by atoms with Crippen molar-refractivity contribution in [2.24, 2.45) is 0 Å². The Morgan fingerprint density at radius 1 is 1.33 bits per heavy atom. The summed E-state index contributed by atoms with van der Waals surface area (Å²) in [5.74, 6) is 0. The van der Waals surface area contributed by atoms with E-state index in [2.05, 4.69) is 5.32 Å². The Hall–Kier alpha value is -0.120. The van der Waals surface area contributed by atoms with E-state index in [-0.39, 0.29) is 0 Å². The van der Waals surface area contributed by atoms with Gasteiger partial charge in [0.25, 0.3) is 0 Å². The van der Waals surface area contributed by atoms with Crippen molar-refractivity contribution in [3.63, 3.8) is 0 Å². The fraction of sp³-hybridized carbons (Fsp3) is 1.00. The number of nitrogens with one attached hydrogen (secondary N) is 1.